The predicted molar refractivity (Wildman–Crippen MR) is 120 cm³/mol. The van der Waals surface area contributed by atoms with Crippen LogP contribution in [0, 0.1) is 6.92 Å². The number of aliphatic imine (C=N–C) groups is 1. The monoisotopic (exact) mass is 414 g/mol. The van der Waals surface area contributed by atoms with Gasteiger partial charge in [-0.05, 0) is 44.7 Å². The molecule has 1 aromatic heterocycles. The molecule has 2 heterocycles. The van der Waals surface area contributed by atoms with Crippen LogP contribution in [0.4, 0.5) is 0 Å². The van der Waals surface area contributed by atoms with Crippen LogP contribution in [0.3, 0.4) is 0 Å². The lowest BCUT2D eigenvalue weighted by atomic mass is 10.1. The van der Waals surface area contributed by atoms with E-state index in [4.69, 9.17) is 4.74 Å². The van der Waals surface area contributed by atoms with E-state index >= 15 is 0 Å². The number of carbonyl (C=O) groups is 1. The number of fused-ring (bicyclic) bond motifs is 1. The first-order valence-corrected chi connectivity index (χ1v) is 10.8. The highest BCUT2D eigenvalue weighted by molar-refractivity contribution is 5.84. The van der Waals surface area contributed by atoms with Crippen molar-refractivity contribution in [2.45, 2.75) is 45.3 Å². The molecule has 0 bridgehead atoms. The molecule has 0 aliphatic carbocycles. The van der Waals surface area contributed by atoms with Crippen molar-refractivity contribution in [1.82, 2.24) is 25.1 Å². The Kier molecular flexibility index (Phi) is 8.07. The van der Waals surface area contributed by atoms with Gasteiger partial charge in [-0.25, -0.2) is 9.98 Å². The Labute approximate surface area is 178 Å². The fourth-order valence-corrected chi connectivity index (χ4v) is 3.56. The molecule has 0 radical (unpaired) electrons. The van der Waals surface area contributed by atoms with Gasteiger partial charge in [0.2, 0.25) is 5.91 Å². The van der Waals surface area contributed by atoms with Crippen LogP contribution in [0.2, 0.25) is 0 Å². The number of para-hydroxylation sites is 2. The lowest BCUT2D eigenvalue weighted by Crippen LogP contribution is -2.43. The lowest BCUT2D eigenvalue weighted by molar-refractivity contribution is -0.127. The maximum atomic E-state index is 11.9. The van der Waals surface area contributed by atoms with Crippen molar-refractivity contribution in [3.05, 3.63) is 30.1 Å². The summed E-state index contributed by atoms with van der Waals surface area (Å²) < 4.78 is 8.03. The highest BCUT2D eigenvalue weighted by atomic mass is 16.5. The van der Waals surface area contributed by atoms with Crippen LogP contribution in [0.25, 0.3) is 11.0 Å². The van der Waals surface area contributed by atoms with E-state index in [0.29, 0.717) is 12.5 Å². The number of likely N-dealkylation sites (N-methyl/N-ethyl adjacent to an activating group) is 1. The molecule has 0 saturated carbocycles. The topological polar surface area (TPSA) is 83.8 Å². The van der Waals surface area contributed by atoms with Gasteiger partial charge in [0.25, 0.3) is 0 Å². The van der Waals surface area contributed by atoms with Gasteiger partial charge in [0.1, 0.15) is 12.4 Å². The van der Waals surface area contributed by atoms with Gasteiger partial charge in [-0.3, -0.25) is 4.79 Å². The summed E-state index contributed by atoms with van der Waals surface area (Å²) in [6.45, 7) is 5.31. The molecule has 3 rings (SSSR count). The summed E-state index contributed by atoms with van der Waals surface area (Å²) in [7, 11) is 3.48. The number of benzene rings is 1. The third-order valence-corrected chi connectivity index (χ3v) is 5.34. The molecule has 1 atom stereocenters. The predicted octanol–water partition coefficient (Wildman–Crippen LogP) is 1.93. The van der Waals surface area contributed by atoms with Crippen LogP contribution in [0.15, 0.2) is 29.3 Å². The molecule has 30 heavy (non-hydrogen) atoms. The zero-order chi connectivity index (χ0) is 21.3. The number of aromatic nitrogens is 2. The molecule has 8 heteroatoms. The minimum Gasteiger partial charge on any atom is -0.376 e. The summed E-state index contributed by atoms with van der Waals surface area (Å²) in [6.07, 6.45) is 4.52. The maximum absolute atomic E-state index is 11.9. The number of carbonyl (C=O) groups excluding carboxylic acids is 1. The normalized spacial score (nSPS) is 17.2. The summed E-state index contributed by atoms with van der Waals surface area (Å²) in [5.74, 6) is 1.66. The Morgan fingerprint density at radius 3 is 2.90 bits per heavy atom. The summed E-state index contributed by atoms with van der Waals surface area (Å²) in [4.78, 5) is 22.6. The molecule has 1 unspecified atom stereocenters. The van der Waals surface area contributed by atoms with Gasteiger partial charge in [-0.15, -0.1) is 0 Å². The van der Waals surface area contributed by atoms with Gasteiger partial charge < -0.3 is 24.8 Å². The van der Waals surface area contributed by atoms with Gasteiger partial charge >= 0.3 is 0 Å². The van der Waals surface area contributed by atoms with Crippen LogP contribution < -0.4 is 10.6 Å². The minimum atomic E-state index is -0.0227. The number of guanidine groups is 1. The van der Waals surface area contributed by atoms with Gasteiger partial charge in [0.05, 0.1) is 17.1 Å². The number of aryl methyl sites for hydroxylation is 2. The number of ether oxygens (including phenoxy) is 1. The zero-order valence-electron chi connectivity index (χ0n) is 18.4. The lowest BCUT2D eigenvalue weighted by Gasteiger charge is -2.24. The van der Waals surface area contributed by atoms with Gasteiger partial charge in [0.15, 0.2) is 5.96 Å². The van der Waals surface area contributed by atoms with Crippen molar-refractivity contribution in [2.24, 2.45) is 4.99 Å². The average molecular weight is 415 g/mol. The maximum Gasteiger partial charge on any atom is 0.243 e. The number of rotatable bonds is 8. The van der Waals surface area contributed by atoms with E-state index < -0.39 is 0 Å². The fourth-order valence-electron chi connectivity index (χ4n) is 3.56. The number of nitrogens with one attached hydrogen (secondary N) is 2. The van der Waals surface area contributed by atoms with Gasteiger partial charge in [0, 0.05) is 40.3 Å². The number of hydrogen-bond donors (Lipinski definition) is 2. The fraction of sp³-hybridized carbons (Fsp3) is 0.591. The summed E-state index contributed by atoms with van der Waals surface area (Å²) in [6, 6.07) is 8.21. The largest absolute Gasteiger partial charge is 0.376 e. The Morgan fingerprint density at radius 2 is 2.13 bits per heavy atom. The highest BCUT2D eigenvalue weighted by Crippen LogP contribution is 2.15. The Balaban J connectivity index is 1.53. The molecule has 1 saturated heterocycles. The molecule has 1 amide bonds. The molecule has 2 N–H and O–H groups in total. The van der Waals surface area contributed by atoms with Crippen molar-refractivity contribution < 1.29 is 9.53 Å². The number of imidazole rings is 1. The third kappa shape index (κ3) is 6.19. The standard InChI is InChI=1S/C22H34N6O2/c1-17-26-19-10-4-5-11-20(19)28(17)13-8-12-23-22(25-16-21(29)27(2)3)24-15-18-9-6-7-14-30-18/h4-5,10-11,18H,6-9,12-16H2,1-3H3,(H2,23,24,25). The number of hydrogen-bond acceptors (Lipinski definition) is 4. The number of amides is 1. The first-order chi connectivity index (χ1) is 14.5. The molecular weight excluding hydrogens is 380 g/mol. The van der Waals surface area contributed by atoms with Crippen LogP contribution in [0.5, 0.6) is 0 Å². The first-order valence-electron chi connectivity index (χ1n) is 10.8. The smallest absolute Gasteiger partial charge is 0.243 e. The quantitative estimate of drug-likeness (QED) is 0.392. The molecule has 1 aliphatic heterocycles. The van der Waals surface area contributed by atoms with Crippen LogP contribution in [-0.2, 0) is 16.1 Å². The van der Waals surface area contributed by atoms with E-state index in [0.717, 1.165) is 55.8 Å². The van der Waals surface area contributed by atoms with Crippen molar-refractivity contribution in [3.63, 3.8) is 0 Å². The Bertz CT molecular complexity index is 854. The van der Waals surface area contributed by atoms with Crippen molar-refractivity contribution in [2.75, 3.05) is 40.3 Å². The SMILES string of the molecule is Cc1nc2ccccc2n1CCCNC(=NCC(=O)N(C)C)NCC1CCCCO1. The average Bonchev–Trinajstić information content (AvgIpc) is 3.07. The number of nitrogens with zero attached hydrogens (tertiary/aromatic N) is 4. The van der Waals surface area contributed by atoms with Crippen LogP contribution in [-0.4, -0.2) is 72.8 Å². The Hall–Kier alpha value is -2.61. The zero-order valence-corrected chi connectivity index (χ0v) is 18.4. The van der Waals surface area contributed by atoms with Gasteiger partial charge in [-0.1, -0.05) is 12.1 Å². The second-order valence-electron chi connectivity index (χ2n) is 7.90. The van der Waals surface area contributed by atoms with Crippen molar-refractivity contribution >= 4 is 22.9 Å². The van der Waals surface area contributed by atoms with E-state index in [9.17, 15) is 4.79 Å². The van der Waals surface area contributed by atoms with Crippen LogP contribution >= 0.6 is 0 Å². The third-order valence-electron chi connectivity index (χ3n) is 5.34. The molecule has 1 aromatic carbocycles. The van der Waals surface area contributed by atoms with E-state index in [1.807, 2.05) is 25.1 Å². The van der Waals surface area contributed by atoms with E-state index in [-0.39, 0.29) is 18.6 Å². The summed E-state index contributed by atoms with van der Waals surface area (Å²) >= 11 is 0. The van der Waals surface area contributed by atoms with Crippen molar-refractivity contribution in [1.29, 1.82) is 0 Å². The van der Waals surface area contributed by atoms with Crippen molar-refractivity contribution in [3.8, 4) is 0 Å². The minimum absolute atomic E-state index is 0.0227. The second kappa shape index (κ2) is 11.0. The molecule has 1 aliphatic rings. The molecular formula is C22H34N6O2. The summed E-state index contributed by atoms with van der Waals surface area (Å²) in [5, 5.41) is 6.70. The van der Waals surface area contributed by atoms with E-state index in [2.05, 4.69) is 31.2 Å². The van der Waals surface area contributed by atoms with E-state index in [1.165, 1.54) is 6.42 Å². The molecule has 1 fully saturated rings. The molecule has 8 nitrogen and oxygen atoms in total. The second-order valence-corrected chi connectivity index (χ2v) is 7.90. The Morgan fingerprint density at radius 1 is 1.30 bits per heavy atom. The molecule has 2 aromatic rings. The first kappa shape index (κ1) is 22.1. The van der Waals surface area contributed by atoms with Gasteiger partial charge in [-0.2, -0.15) is 0 Å². The molecule has 164 valence electrons. The highest BCUT2D eigenvalue weighted by Gasteiger charge is 2.14. The summed E-state index contributed by atoms with van der Waals surface area (Å²) in [5.41, 5.74) is 2.19. The van der Waals surface area contributed by atoms with Crippen LogP contribution in [0.1, 0.15) is 31.5 Å². The molecule has 0 spiro atoms. The van der Waals surface area contributed by atoms with E-state index in [1.54, 1.807) is 19.0 Å².